The van der Waals surface area contributed by atoms with Gasteiger partial charge in [0.25, 0.3) is 0 Å². The van der Waals surface area contributed by atoms with E-state index in [0.29, 0.717) is 0 Å². The first kappa shape index (κ1) is 19.6. The van der Waals surface area contributed by atoms with Crippen LogP contribution in [0.4, 0.5) is 0 Å². The van der Waals surface area contributed by atoms with Gasteiger partial charge < -0.3 is 19.5 Å². The third-order valence-electron chi connectivity index (χ3n) is 5.88. The highest BCUT2D eigenvalue weighted by atomic mass is 16.7. The molecule has 1 unspecified atom stereocenters. The number of hydrogen-bond donors (Lipinski definition) is 1. The van der Waals surface area contributed by atoms with Crippen LogP contribution < -0.4 is 19.5 Å². The summed E-state index contributed by atoms with van der Waals surface area (Å²) in [5.74, 6) is 2.76. The molecule has 0 radical (unpaired) electrons. The molecule has 0 spiro atoms. The van der Waals surface area contributed by atoms with Crippen LogP contribution in [-0.2, 0) is 17.6 Å². The topological polar surface area (TPSA) is 56.8 Å². The molecule has 4 rings (SSSR count). The van der Waals surface area contributed by atoms with E-state index in [1.165, 1.54) is 12.0 Å². The van der Waals surface area contributed by atoms with Gasteiger partial charge in [-0.2, -0.15) is 0 Å². The maximum absolute atomic E-state index is 12.9. The maximum Gasteiger partial charge on any atom is 0.231 e. The van der Waals surface area contributed by atoms with Gasteiger partial charge in [0.15, 0.2) is 11.5 Å². The van der Waals surface area contributed by atoms with Crippen LogP contribution in [-0.4, -0.2) is 25.9 Å². The van der Waals surface area contributed by atoms with E-state index in [4.69, 9.17) is 14.2 Å². The second kappa shape index (κ2) is 9.21. The van der Waals surface area contributed by atoms with Gasteiger partial charge in [-0.05, 0) is 61.1 Å². The Morgan fingerprint density at radius 2 is 1.69 bits per heavy atom. The number of amides is 1. The number of methoxy groups -OCH3 is 1. The van der Waals surface area contributed by atoms with Crippen molar-refractivity contribution in [3.05, 3.63) is 53.6 Å². The lowest BCUT2D eigenvalue weighted by Crippen LogP contribution is -2.42. The third-order valence-corrected chi connectivity index (χ3v) is 5.88. The van der Waals surface area contributed by atoms with Crippen molar-refractivity contribution in [1.82, 2.24) is 5.32 Å². The molecule has 1 heterocycles. The molecule has 29 heavy (non-hydrogen) atoms. The zero-order chi connectivity index (χ0) is 20.1. The first-order valence-electron chi connectivity index (χ1n) is 10.5. The van der Waals surface area contributed by atoms with Crippen molar-refractivity contribution < 1.29 is 19.0 Å². The summed E-state index contributed by atoms with van der Waals surface area (Å²) >= 11 is 0. The molecule has 1 aliphatic heterocycles. The Labute approximate surface area is 172 Å². The van der Waals surface area contributed by atoms with Crippen LogP contribution in [0.2, 0.25) is 0 Å². The number of rotatable bonds is 7. The monoisotopic (exact) mass is 395 g/mol. The van der Waals surface area contributed by atoms with E-state index < -0.39 is 0 Å². The van der Waals surface area contributed by atoms with E-state index in [0.717, 1.165) is 61.3 Å². The van der Waals surface area contributed by atoms with Crippen LogP contribution in [0, 0.1) is 5.92 Å². The molecular formula is C24H29NO4. The molecule has 2 aromatic carbocycles. The summed E-state index contributed by atoms with van der Waals surface area (Å²) in [4.78, 5) is 12.9. The molecule has 1 aliphatic carbocycles. The lowest BCUT2D eigenvalue weighted by molar-refractivity contribution is -0.126. The van der Waals surface area contributed by atoms with Crippen molar-refractivity contribution in [3.8, 4) is 17.2 Å². The Bertz CT molecular complexity index is 827. The number of hydrogen-bond acceptors (Lipinski definition) is 4. The van der Waals surface area contributed by atoms with Crippen LogP contribution in [0.3, 0.4) is 0 Å². The minimum absolute atomic E-state index is 0.0261. The fourth-order valence-corrected chi connectivity index (χ4v) is 4.26. The van der Waals surface area contributed by atoms with Crippen molar-refractivity contribution in [2.45, 2.75) is 51.0 Å². The van der Waals surface area contributed by atoms with Gasteiger partial charge in [-0.25, -0.2) is 0 Å². The third kappa shape index (κ3) is 5.03. The first-order valence-corrected chi connectivity index (χ1v) is 10.5. The number of nitrogens with one attached hydrogen (secondary N) is 1. The normalized spacial score (nSPS) is 17.0. The summed E-state index contributed by atoms with van der Waals surface area (Å²) in [7, 11) is 1.67. The molecule has 5 heteroatoms. The molecule has 2 aliphatic rings. The Morgan fingerprint density at radius 1 is 1.00 bits per heavy atom. The molecule has 1 saturated carbocycles. The average Bonchev–Trinajstić information content (AvgIpc) is 3.23. The molecule has 1 atom stereocenters. The minimum atomic E-state index is 0.0261. The molecule has 154 valence electrons. The number of carbonyl (C=O) groups excluding carboxylic acids is 1. The van der Waals surface area contributed by atoms with Gasteiger partial charge in [0.1, 0.15) is 5.75 Å². The number of ether oxygens (including phenoxy) is 3. The van der Waals surface area contributed by atoms with Crippen LogP contribution in [0.1, 0.15) is 43.2 Å². The molecule has 0 saturated heterocycles. The molecule has 1 amide bonds. The summed E-state index contributed by atoms with van der Waals surface area (Å²) in [6.07, 6.45) is 7.09. The van der Waals surface area contributed by atoms with Crippen LogP contribution in [0.25, 0.3) is 0 Å². The van der Waals surface area contributed by atoms with E-state index in [2.05, 4.69) is 23.5 Å². The van der Waals surface area contributed by atoms with Gasteiger partial charge in [0, 0.05) is 12.0 Å². The van der Waals surface area contributed by atoms with Crippen molar-refractivity contribution in [1.29, 1.82) is 0 Å². The number of fused-ring (bicyclic) bond motifs is 1. The summed E-state index contributed by atoms with van der Waals surface area (Å²) in [6, 6.07) is 14.1. The van der Waals surface area contributed by atoms with Gasteiger partial charge >= 0.3 is 0 Å². The highest BCUT2D eigenvalue weighted by Gasteiger charge is 2.24. The van der Waals surface area contributed by atoms with E-state index in [-0.39, 0.29) is 24.7 Å². The van der Waals surface area contributed by atoms with Gasteiger partial charge in [-0.3, -0.25) is 4.79 Å². The zero-order valence-electron chi connectivity index (χ0n) is 17.0. The van der Waals surface area contributed by atoms with E-state index in [1.54, 1.807) is 7.11 Å². The highest BCUT2D eigenvalue weighted by molar-refractivity contribution is 5.79. The summed E-state index contributed by atoms with van der Waals surface area (Å²) in [5.41, 5.74) is 2.32. The summed E-state index contributed by atoms with van der Waals surface area (Å²) in [5, 5.41) is 3.34. The fraction of sp³-hybridized carbons (Fsp3) is 0.458. The van der Waals surface area contributed by atoms with Crippen LogP contribution in [0.5, 0.6) is 17.2 Å². The highest BCUT2D eigenvalue weighted by Crippen LogP contribution is 2.33. The minimum Gasteiger partial charge on any atom is -0.497 e. The van der Waals surface area contributed by atoms with Crippen LogP contribution in [0.15, 0.2) is 42.5 Å². The quantitative estimate of drug-likeness (QED) is 0.760. The fourth-order valence-electron chi connectivity index (χ4n) is 4.26. The maximum atomic E-state index is 12.9. The largest absolute Gasteiger partial charge is 0.497 e. The average molecular weight is 395 g/mol. The number of carbonyl (C=O) groups is 1. The number of benzene rings is 2. The van der Waals surface area contributed by atoms with Gasteiger partial charge in [-0.1, -0.05) is 37.5 Å². The second-order valence-electron chi connectivity index (χ2n) is 7.98. The SMILES string of the molecule is COc1ccc(CC(Cc2ccc3c(c2)OCO3)NC(=O)C2CCCCC2)cc1. The smallest absolute Gasteiger partial charge is 0.231 e. The Hall–Kier alpha value is -2.69. The van der Waals surface area contributed by atoms with E-state index in [9.17, 15) is 4.79 Å². The van der Waals surface area contributed by atoms with Crippen molar-refractivity contribution in [3.63, 3.8) is 0 Å². The molecule has 1 fully saturated rings. The molecule has 1 N–H and O–H groups in total. The summed E-state index contributed by atoms with van der Waals surface area (Å²) < 4.78 is 16.2. The van der Waals surface area contributed by atoms with Crippen molar-refractivity contribution in [2.24, 2.45) is 5.92 Å². The standard InChI is InChI=1S/C24H29NO4/c1-27-21-10-7-17(8-11-21)13-20(25-24(26)19-5-3-2-4-6-19)14-18-9-12-22-23(15-18)29-16-28-22/h7-12,15,19-20H,2-6,13-14,16H2,1H3,(H,25,26). The second-order valence-corrected chi connectivity index (χ2v) is 7.98. The molecule has 0 aromatic heterocycles. The summed E-state index contributed by atoms with van der Waals surface area (Å²) in [6.45, 7) is 0.270. The lowest BCUT2D eigenvalue weighted by atomic mass is 9.88. The van der Waals surface area contributed by atoms with Crippen molar-refractivity contribution in [2.75, 3.05) is 13.9 Å². The van der Waals surface area contributed by atoms with Crippen molar-refractivity contribution >= 4 is 5.91 Å². The Morgan fingerprint density at radius 3 is 2.45 bits per heavy atom. The van der Waals surface area contributed by atoms with Gasteiger partial charge in [0.2, 0.25) is 12.7 Å². The van der Waals surface area contributed by atoms with Gasteiger partial charge in [0.05, 0.1) is 7.11 Å². The van der Waals surface area contributed by atoms with Gasteiger partial charge in [-0.15, -0.1) is 0 Å². The van der Waals surface area contributed by atoms with E-state index >= 15 is 0 Å². The zero-order valence-corrected chi connectivity index (χ0v) is 17.0. The molecular weight excluding hydrogens is 366 g/mol. The first-order chi connectivity index (χ1) is 14.2. The van der Waals surface area contributed by atoms with E-state index in [1.807, 2.05) is 24.3 Å². The lowest BCUT2D eigenvalue weighted by Gasteiger charge is -2.25. The Kier molecular flexibility index (Phi) is 6.23. The Balaban J connectivity index is 1.48. The molecule has 2 aromatic rings. The van der Waals surface area contributed by atoms with Crippen LogP contribution >= 0.6 is 0 Å². The predicted molar refractivity (Wildman–Crippen MR) is 111 cm³/mol. The molecule has 0 bridgehead atoms. The molecule has 5 nitrogen and oxygen atoms in total. The predicted octanol–water partition coefficient (Wildman–Crippen LogP) is 4.27.